The molecule has 0 unspecified atom stereocenters. The van der Waals surface area contributed by atoms with E-state index in [-0.39, 0.29) is 24.0 Å². The van der Waals surface area contributed by atoms with Crippen LogP contribution in [0.1, 0.15) is 70.9 Å². The third-order valence-corrected chi connectivity index (χ3v) is 6.15. The number of piperidine rings is 1. The second-order valence-corrected chi connectivity index (χ2v) is 9.04. The molecular formula is C23H44IN7O. The largest absolute Gasteiger partial charge is 0.377 e. The number of aryl methyl sites for hydroxylation is 2. The summed E-state index contributed by atoms with van der Waals surface area (Å²) >= 11 is 0. The van der Waals surface area contributed by atoms with E-state index in [4.69, 9.17) is 9.73 Å². The topological polar surface area (TPSA) is 79.6 Å². The smallest absolute Gasteiger partial charge is 0.191 e. The van der Waals surface area contributed by atoms with Crippen LogP contribution in [0.5, 0.6) is 0 Å². The van der Waals surface area contributed by atoms with Gasteiger partial charge in [-0.3, -0.25) is 4.99 Å². The first kappa shape index (κ1) is 27.3. The Labute approximate surface area is 211 Å². The molecule has 0 bridgehead atoms. The number of aromatic nitrogens is 3. The van der Waals surface area contributed by atoms with Crippen LogP contribution in [0.2, 0.25) is 0 Å². The molecule has 0 radical (unpaired) electrons. The lowest BCUT2D eigenvalue weighted by Crippen LogP contribution is -2.49. The summed E-state index contributed by atoms with van der Waals surface area (Å²) in [6.07, 6.45) is 9.43. The lowest BCUT2D eigenvalue weighted by molar-refractivity contribution is 0.0532. The van der Waals surface area contributed by atoms with Gasteiger partial charge < -0.3 is 24.8 Å². The molecule has 0 amide bonds. The Morgan fingerprint density at radius 2 is 1.97 bits per heavy atom. The van der Waals surface area contributed by atoms with Crippen LogP contribution in [0, 0.1) is 0 Å². The molecule has 0 aliphatic carbocycles. The van der Waals surface area contributed by atoms with Gasteiger partial charge in [0.25, 0.3) is 0 Å². The van der Waals surface area contributed by atoms with Gasteiger partial charge in [-0.05, 0) is 52.9 Å². The molecule has 0 aromatic carbocycles. The summed E-state index contributed by atoms with van der Waals surface area (Å²) in [5.41, 5.74) is 0. The molecule has 2 N–H and O–H groups in total. The quantitative estimate of drug-likeness (QED) is 0.198. The molecule has 8 nitrogen and oxygen atoms in total. The van der Waals surface area contributed by atoms with Gasteiger partial charge in [-0.25, -0.2) is 0 Å². The van der Waals surface area contributed by atoms with E-state index in [2.05, 4.69) is 51.1 Å². The summed E-state index contributed by atoms with van der Waals surface area (Å²) in [6.45, 7) is 13.2. The van der Waals surface area contributed by atoms with Crippen molar-refractivity contribution in [2.45, 2.75) is 90.8 Å². The molecule has 3 rings (SSSR count). The average Bonchev–Trinajstić information content (AvgIpc) is 2.98. The maximum absolute atomic E-state index is 5.69. The highest BCUT2D eigenvalue weighted by Gasteiger charge is 2.20. The summed E-state index contributed by atoms with van der Waals surface area (Å²) in [5.74, 6) is 3.26. The van der Waals surface area contributed by atoms with Crippen LogP contribution in [0.3, 0.4) is 0 Å². The van der Waals surface area contributed by atoms with E-state index in [1.54, 1.807) is 0 Å². The lowest BCUT2D eigenvalue weighted by Gasteiger charge is -2.33. The molecule has 1 aromatic heterocycles. The molecule has 0 saturated carbocycles. The van der Waals surface area contributed by atoms with Crippen molar-refractivity contribution in [1.29, 1.82) is 0 Å². The maximum atomic E-state index is 5.69. The van der Waals surface area contributed by atoms with Gasteiger partial charge >= 0.3 is 0 Å². The van der Waals surface area contributed by atoms with Gasteiger partial charge in [-0.2, -0.15) is 0 Å². The molecule has 2 aliphatic heterocycles. The van der Waals surface area contributed by atoms with Crippen molar-refractivity contribution in [2.75, 3.05) is 39.3 Å². The minimum absolute atomic E-state index is 0. The molecule has 2 aliphatic rings. The van der Waals surface area contributed by atoms with Crippen molar-refractivity contribution < 1.29 is 4.74 Å². The Balaban J connectivity index is 0.00000363. The lowest BCUT2D eigenvalue weighted by atomic mass is 10.1. The fourth-order valence-corrected chi connectivity index (χ4v) is 4.39. The fourth-order valence-electron chi connectivity index (χ4n) is 4.39. The minimum atomic E-state index is 0. The normalized spacial score (nSPS) is 18.2. The fraction of sp³-hybridized carbons (Fsp3) is 0.870. The molecule has 3 heterocycles. The van der Waals surface area contributed by atoms with Crippen LogP contribution in [0.25, 0.3) is 0 Å². The van der Waals surface area contributed by atoms with Gasteiger partial charge in [0.15, 0.2) is 5.96 Å². The van der Waals surface area contributed by atoms with E-state index in [9.17, 15) is 0 Å². The molecule has 32 heavy (non-hydrogen) atoms. The Morgan fingerprint density at radius 1 is 1.16 bits per heavy atom. The van der Waals surface area contributed by atoms with Gasteiger partial charge in [0, 0.05) is 58.2 Å². The number of rotatable bonds is 10. The van der Waals surface area contributed by atoms with Crippen molar-refractivity contribution in [1.82, 2.24) is 30.3 Å². The summed E-state index contributed by atoms with van der Waals surface area (Å²) in [6, 6.07) is 0.493. The van der Waals surface area contributed by atoms with Crippen LogP contribution in [-0.2, 0) is 24.1 Å². The third-order valence-electron chi connectivity index (χ3n) is 6.15. The number of hydrogen-bond donors (Lipinski definition) is 2. The van der Waals surface area contributed by atoms with Crippen molar-refractivity contribution in [3.05, 3.63) is 11.6 Å². The SMILES string of the molecule is CCNC(=NCCCc1nnc2n1CCCCC2)NC1CCN(CCOC(C)C)CC1.I. The van der Waals surface area contributed by atoms with Crippen molar-refractivity contribution in [2.24, 2.45) is 4.99 Å². The van der Waals surface area contributed by atoms with Crippen molar-refractivity contribution in [3.8, 4) is 0 Å². The van der Waals surface area contributed by atoms with Crippen molar-refractivity contribution in [3.63, 3.8) is 0 Å². The Kier molecular flexibility index (Phi) is 12.8. The highest BCUT2D eigenvalue weighted by Crippen LogP contribution is 2.15. The summed E-state index contributed by atoms with van der Waals surface area (Å²) in [7, 11) is 0. The van der Waals surface area contributed by atoms with Gasteiger partial charge in [-0.15, -0.1) is 34.2 Å². The minimum Gasteiger partial charge on any atom is -0.377 e. The molecule has 0 atom stereocenters. The zero-order chi connectivity index (χ0) is 21.9. The number of ether oxygens (including phenoxy) is 1. The predicted octanol–water partition coefficient (Wildman–Crippen LogP) is 3.00. The third kappa shape index (κ3) is 9.13. The summed E-state index contributed by atoms with van der Waals surface area (Å²) < 4.78 is 8.04. The van der Waals surface area contributed by atoms with E-state index in [1.165, 1.54) is 25.1 Å². The first-order valence-electron chi connectivity index (χ1n) is 12.5. The monoisotopic (exact) mass is 561 g/mol. The number of hydrogen-bond acceptors (Lipinski definition) is 5. The highest BCUT2D eigenvalue weighted by molar-refractivity contribution is 14.0. The van der Waals surface area contributed by atoms with E-state index >= 15 is 0 Å². The van der Waals surface area contributed by atoms with E-state index in [1.807, 2.05) is 0 Å². The number of aliphatic imine (C=N–C) groups is 1. The second kappa shape index (κ2) is 15.1. The molecule has 1 fully saturated rings. The zero-order valence-corrected chi connectivity index (χ0v) is 22.6. The van der Waals surface area contributed by atoms with Crippen LogP contribution in [0.15, 0.2) is 4.99 Å². The van der Waals surface area contributed by atoms with Gasteiger partial charge in [0.1, 0.15) is 11.6 Å². The zero-order valence-electron chi connectivity index (χ0n) is 20.3. The van der Waals surface area contributed by atoms with Crippen molar-refractivity contribution >= 4 is 29.9 Å². The summed E-state index contributed by atoms with van der Waals surface area (Å²) in [4.78, 5) is 7.34. The van der Waals surface area contributed by atoms with Gasteiger partial charge in [0.05, 0.1) is 12.7 Å². The Bertz CT molecular complexity index is 671. The molecular weight excluding hydrogens is 517 g/mol. The standard InChI is InChI=1S/C23H43N7O.HI/c1-4-24-23(26-20-11-15-29(16-12-20)17-18-31-19(2)3)25-13-8-10-22-28-27-21-9-6-5-7-14-30(21)22;/h19-20H,4-18H2,1-3H3,(H2,24,25,26);1H. The van der Waals surface area contributed by atoms with E-state index < -0.39 is 0 Å². The summed E-state index contributed by atoms with van der Waals surface area (Å²) in [5, 5.41) is 15.9. The molecule has 0 spiro atoms. The van der Waals surface area contributed by atoms with Crippen LogP contribution in [0.4, 0.5) is 0 Å². The Morgan fingerprint density at radius 3 is 2.72 bits per heavy atom. The molecule has 1 aromatic rings. The Hall–Kier alpha value is -0.940. The second-order valence-electron chi connectivity index (χ2n) is 9.04. The van der Waals surface area contributed by atoms with Gasteiger partial charge in [0.2, 0.25) is 0 Å². The predicted molar refractivity (Wildman–Crippen MR) is 141 cm³/mol. The number of halogens is 1. The first-order chi connectivity index (χ1) is 15.2. The highest BCUT2D eigenvalue weighted by atomic mass is 127. The maximum Gasteiger partial charge on any atom is 0.191 e. The number of nitrogens with one attached hydrogen (secondary N) is 2. The van der Waals surface area contributed by atoms with Gasteiger partial charge in [-0.1, -0.05) is 6.42 Å². The number of nitrogens with zero attached hydrogens (tertiary/aromatic N) is 5. The number of guanidine groups is 1. The van der Waals surface area contributed by atoms with Crippen LogP contribution < -0.4 is 10.6 Å². The van der Waals surface area contributed by atoms with E-state index in [0.717, 1.165) is 89.8 Å². The first-order valence-corrected chi connectivity index (χ1v) is 12.5. The molecule has 184 valence electrons. The molecule has 9 heteroatoms. The van der Waals surface area contributed by atoms with E-state index in [0.29, 0.717) is 12.1 Å². The van der Waals surface area contributed by atoms with Crippen LogP contribution >= 0.6 is 24.0 Å². The number of likely N-dealkylation sites (tertiary alicyclic amines) is 1. The van der Waals surface area contributed by atoms with Crippen LogP contribution in [-0.4, -0.2) is 77.1 Å². The number of fused-ring (bicyclic) bond motifs is 1. The molecule has 1 saturated heterocycles. The average molecular weight is 562 g/mol.